The summed E-state index contributed by atoms with van der Waals surface area (Å²) in [5.41, 5.74) is 0. The molecule has 0 aromatic rings. The summed E-state index contributed by atoms with van der Waals surface area (Å²) >= 11 is 0. The highest BCUT2D eigenvalue weighted by Crippen LogP contribution is 1.98. The quantitative estimate of drug-likeness (QED) is 0.501. The highest BCUT2D eigenvalue weighted by atomic mass is 16.8. The van der Waals surface area contributed by atoms with E-state index in [1.807, 2.05) is 0 Å². The molecular weight excluding hydrogens is 124 g/mol. The summed E-state index contributed by atoms with van der Waals surface area (Å²) < 4.78 is 4.18. The van der Waals surface area contributed by atoms with Crippen LogP contribution in [0.15, 0.2) is 0 Å². The molecule has 54 valence electrons. The normalized spacial score (nSPS) is 15.7. The van der Waals surface area contributed by atoms with Gasteiger partial charge in [-0.15, -0.1) is 0 Å². The molecular formula is C5H10O4. The third-order valence-electron chi connectivity index (χ3n) is 0.549. The molecule has 0 aliphatic carbocycles. The fourth-order valence-corrected chi connectivity index (χ4v) is 0.251. The third-order valence-corrected chi connectivity index (χ3v) is 0.549. The zero-order valence-electron chi connectivity index (χ0n) is 5.20. The lowest BCUT2D eigenvalue weighted by atomic mass is 10.4. The molecule has 0 aliphatic heterocycles. The molecule has 0 aromatic heterocycles. The van der Waals surface area contributed by atoms with Crippen molar-refractivity contribution in [3.63, 3.8) is 0 Å². The molecule has 0 amide bonds. The summed E-state index contributed by atoms with van der Waals surface area (Å²) in [6.45, 7) is 3.89. The van der Waals surface area contributed by atoms with Crippen LogP contribution in [0.3, 0.4) is 0 Å². The van der Waals surface area contributed by atoms with Crippen LogP contribution >= 0.6 is 0 Å². The second-order valence-corrected chi connectivity index (χ2v) is 1.86. The maximum absolute atomic E-state index is 10.2. The van der Waals surface area contributed by atoms with E-state index >= 15 is 0 Å². The summed E-state index contributed by atoms with van der Waals surface area (Å²) in [5.74, 6) is -2.42. The molecule has 2 N–H and O–H groups in total. The molecule has 9 heavy (non-hydrogen) atoms. The van der Waals surface area contributed by atoms with E-state index in [0.717, 1.165) is 0 Å². The Morgan fingerprint density at radius 3 is 2.33 bits per heavy atom. The zero-order valence-corrected chi connectivity index (χ0v) is 5.20. The van der Waals surface area contributed by atoms with E-state index in [2.05, 4.69) is 11.7 Å². The van der Waals surface area contributed by atoms with E-state index in [-0.39, 0.29) is 6.61 Å². The first-order valence-corrected chi connectivity index (χ1v) is 2.51. The lowest BCUT2D eigenvalue weighted by molar-refractivity contribution is -0.312. The summed E-state index contributed by atoms with van der Waals surface area (Å²) in [6, 6.07) is 0. The summed E-state index contributed by atoms with van der Waals surface area (Å²) in [6.07, 6.45) is -0.967. The average Bonchev–Trinajstić information content (AvgIpc) is 1.59. The van der Waals surface area contributed by atoms with Crippen LogP contribution < -0.4 is 0 Å². The lowest BCUT2D eigenvalue weighted by Gasteiger charge is -2.15. The molecule has 0 saturated heterocycles. The number of hydrogen-bond donors (Lipinski definition) is 2. The van der Waals surface area contributed by atoms with Gasteiger partial charge in [-0.25, -0.2) is 5.11 Å². The number of ether oxygens (including phenoxy) is 1. The molecule has 2 radical (unpaired) electrons. The summed E-state index contributed by atoms with van der Waals surface area (Å²) in [4.78, 5) is 0. The van der Waals surface area contributed by atoms with Crippen molar-refractivity contribution < 1.29 is 20.1 Å². The van der Waals surface area contributed by atoms with Crippen LogP contribution in [0, 0.1) is 6.92 Å². The van der Waals surface area contributed by atoms with Crippen molar-refractivity contribution in [2.45, 2.75) is 19.0 Å². The summed E-state index contributed by atoms with van der Waals surface area (Å²) in [5, 5.41) is 26.9. The first-order chi connectivity index (χ1) is 3.92. The van der Waals surface area contributed by atoms with E-state index in [4.69, 9.17) is 10.2 Å². The van der Waals surface area contributed by atoms with Gasteiger partial charge in [0.05, 0.1) is 6.61 Å². The monoisotopic (exact) mass is 134 g/mol. The van der Waals surface area contributed by atoms with Crippen molar-refractivity contribution in [2.75, 3.05) is 6.61 Å². The van der Waals surface area contributed by atoms with Crippen molar-refractivity contribution >= 4 is 0 Å². The molecule has 0 rings (SSSR count). The van der Waals surface area contributed by atoms with Gasteiger partial charge in [-0.3, -0.25) is 0 Å². The van der Waals surface area contributed by atoms with E-state index in [9.17, 15) is 5.11 Å². The highest BCUT2D eigenvalue weighted by Gasteiger charge is 2.16. The van der Waals surface area contributed by atoms with E-state index in [1.165, 1.54) is 6.92 Å². The lowest BCUT2D eigenvalue weighted by Crippen LogP contribution is -2.30. The molecule has 1 unspecified atom stereocenters. The molecule has 0 bridgehead atoms. The van der Waals surface area contributed by atoms with Crippen LogP contribution in [-0.2, 0) is 9.84 Å². The first-order valence-electron chi connectivity index (χ1n) is 2.51. The SMILES string of the molecule is [CH2]C(O)(O)OCC(C)[O]. The van der Waals surface area contributed by atoms with Crippen molar-refractivity contribution in [1.29, 1.82) is 0 Å². The number of rotatable bonds is 3. The smallest absolute Gasteiger partial charge is 0.278 e. The van der Waals surface area contributed by atoms with Crippen LogP contribution in [0.4, 0.5) is 0 Å². The number of aliphatic hydroxyl groups is 2. The van der Waals surface area contributed by atoms with Crippen LogP contribution in [0.1, 0.15) is 6.92 Å². The Morgan fingerprint density at radius 2 is 2.22 bits per heavy atom. The largest absolute Gasteiger partial charge is 0.343 e. The number of hydrogen-bond acceptors (Lipinski definition) is 3. The second kappa shape index (κ2) is 3.12. The predicted octanol–water partition coefficient (Wildman–Crippen LogP) is -0.706. The van der Waals surface area contributed by atoms with Crippen LogP contribution in [0.2, 0.25) is 0 Å². The minimum atomic E-state index is -2.42. The highest BCUT2D eigenvalue weighted by molar-refractivity contribution is 4.52. The standard InChI is InChI=1S/C5H10O4/c1-4(6)3-9-5(2,7)8/h4,7-8H,2-3H2,1H3. The van der Waals surface area contributed by atoms with Crippen molar-refractivity contribution in [2.24, 2.45) is 0 Å². The fourth-order valence-electron chi connectivity index (χ4n) is 0.251. The first kappa shape index (κ1) is 8.84. The molecule has 4 nitrogen and oxygen atoms in total. The Bertz CT molecular complexity index is 73.5. The third kappa shape index (κ3) is 7.84. The predicted molar refractivity (Wildman–Crippen MR) is 28.6 cm³/mol. The molecule has 0 aromatic carbocycles. The van der Waals surface area contributed by atoms with Gasteiger partial charge in [0.2, 0.25) is 0 Å². The molecule has 0 spiro atoms. The Balaban J connectivity index is 3.28. The van der Waals surface area contributed by atoms with Crippen molar-refractivity contribution in [3.05, 3.63) is 6.92 Å². The Labute approximate surface area is 53.7 Å². The van der Waals surface area contributed by atoms with Gasteiger partial charge >= 0.3 is 0 Å². The minimum absolute atomic E-state index is 0.253. The topological polar surface area (TPSA) is 69.6 Å². The molecule has 0 fully saturated rings. The van der Waals surface area contributed by atoms with E-state index < -0.39 is 12.1 Å². The van der Waals surface area contributed by atoms with Gasteiger partial charge in [0.15, 0.2) is 0 Å². The Kier molecular flexibility index (Phi) is 3.07. The minimum Gasteiger partial charge on any atom is -0.343 e. The Hall–Kier alpha value is -0.160. The van der Waals surface area contributed by atoms with Crippen LogP contribution in [0.25, 0.3) is 0 Å². The maximum Gasteiger partial charge on any atom is 0.278 e. The van der Waals surface area contributed by atoms with Crippen molar-refractivity contribution in [1.82, 2.24) is 0 Å². The molecule has 0 saturated carbocycles. The molecule has 0 heterocycles. The van der Waals surface area contributed by atoms with E-state index in [0.29, 0.717) is 0 Å². The van der Waals surface area contributed by atoms with Gasteiger partial charge in [-0.2, -0.15) is 0 Å². The van der Waals surface area contributed by atoms with Gasteiger partial charge in [0, 0.05) is 6.92 Å². The van der Waals surface area contributed by atoms with Gasteiger partial charge in [0.25, 0.3) is 5.97 Å². The van der Waals surface area contributed by atoms with Gasteiger partial charge in [-0.1, -0.05) is 0 Å². The molecule has 0 aliphatic rings. The average molecular weight is 134 g/mol. The van der Waals surface area contributed by atoms with Gasteiger partial charge < -0.3 is 14.9 Å². The Morgan fingerprint density at radius 1 is 1.78 bits per heavy atom. The second-order valence-electron chi connectivity index (χ2n) is 1.86. The maximum atomic E-state index is 10.2. The summed E-state index contributed by atoms with van der Waals surface area (Å²) in [7, 11) is 0. The zero-order chi connectivity index (χ0) is 7.49. The van der Waals surface area contributed by atoms with Gasteiger partial charge in [-0.05, 0) is 6.92 Å². The van der Waals surface area contributed by atoms with Crippen LogP contribution in [0.5, 0.6) is 0 Å². The molecule has 1 atom stereocenters. The van der Waals surface area contributed by atoms with Gasteiger partial charge in [0.1, 0.15) is 6.10 Å². The fraction of sp³-hybridized carbons (Fsp3) is 0.800. The van der Waals surface area contributed by atoms with Crippen molar-refractivity contribution in [3.8, 4) is 0 Å². The molecule has 4 heteroatoms. The van der Waals surface area contributed by atoms with E-state index in [1.54, 1.807) is 0 Å². The van der Waals surface area contributed by atoms with Crippen LogP contribution in [-0.4, -0.2) is 28.9 Å².